The molecule has 1 N–H and O–H groups in total. The van der Waals surface area contributed by atoms with Crippen molar-refractivity contribution in [2.45, 2.75) is 39.4 Å². The fourth-order valence-electron chi connectivity index (χ4n) is 1.68. The molecule has 0 aliphatic heterocycles. The van der Waals surface area contributed by atoms with Crippen molar-refractivity contribution in [1.82, 2.24) is 10.1 Å². The van der Waals surface area contributed by atoms with Crippen LogP contribution in [0.1, 0.15) is 50.1 Å². The Hall–Kier alpha value is -1.95. The third-order valence-electron chi connectivity index (χ3n) is 2.76. The summed E-state index contributed by atoms with van der Waals surface area (Å²) in [6, 6.07) is 3.99. The molecule has 0 amide bonds. The summed E-state index contributed by atoms with van der Waals surface area (Å²) in [6.45, 7) is 5.54. The topological polar surface area (TPSA) is 68.4 Å². The van der Waals surface area contributed by atoms with Crippen LogP contribution in [0.2, 0.25) is 0 Å². The van der Waals surface area contributed by atoms with Gasteiger partial charge in [0, 0.05) is 11.5 Å². The van der Waals surface area contributed by atoms with Crippen molar-refractivity contribution in [2.24, 2.45) is 0 Å². The second-order valence-electron chi connectivity index (χ2n) is 4.85. The summed E-state index contributed by atoms with van der Waals surface area (Å²) in [7, 11) is 0. The van der Waals surface area contributed by atoms with Crippen LogP contribution in [0.3, 0.4) is 0 Å². The molecule has 6 heteroatoms. The summed E-state index contributed by atoms with van der Waals surface area (Å²) >= 11 is 0. The smallest absolute Gasteiger partial charge is 0.229 e. The standard InChI is InChI=1S/C14H17FN2O3/c1-8(2)14-16-13(17-20-14)7-19-12-5-4-10(15)6-11(12)9(3)18/h4-6,8-9,18H,7H2,1-3H3/t9-/m1/s1. The van der Waals surface area contributed by atoms with Gasteiger partial charge in [0.25, 0.3) is 0 Å². The highest BCUT2D eigenvalue weighted by atomic mass is 19.1. The van der Waals surface area contributed by atoms with E-state index in [2.05, 4.69) is 10.1 Å². The molecule has 1 heterocycles. The molecule has 1 aromatic carbocycles. The molecule has 0 aliphatic carbocycles. The largest absolute Gasteiger partial charge is 0.485 e. The van der Waals surface area contributed by atoms with Crippen molar-refractivity contribution in [1.29, 1.82) is 0 Å². The SMILES string of the molecule is CC(C)c1nc(COc2ccc(F)cc2[C@@H](C)O)no1. The molecule has 0 unspecified atom stereocenters. The average molecular weight is 280 g/mol. The molecule has 1 aromatic heterocycles. The van der Waals surface area contributed by atoms with Crippen LogP contribution in [-0.2, 0) is 6.61 Å². The molecule has 1 atom stereocenters. The first-order valence-electron chi connectivity index (χ1n) is 6.40. The lowest BCUT2D eigenvalue weighted by atomic mass is 10.1. The number of halogens is 1. The molecule has 2 rings (SSSR count). The van der Waals surface area contributed by atoms with Crippen LogP contribution in [0.5, 0.6) is 5.75 Å². The van der Waals surface area contributed by atoms with Gasteiger partial charge in [0.1, 0.15) is 11.6 Å². The summed E-state index contributed by atoms with van der Waals surface area (Å²) < 4.78 is 23.7. The van der Waals surface area contributed by atoms with Crippen LogP contribution in [0.4, 0.5) is 4.39 Å². The molecule has 0 spiro atoms. The number of aliphatic hydroxyl groups is 1. The van der Waals surface area contributed by atoms with Gasteiger partial charge in [-0.15, -0.1) is 0 Å². The average Bonchev–Trinajstić information content (AvgIpc) is 2.86. The predicted octanol–water partition coefficient (Wildman–Crippen LogP) is 2.96. The Bertz CT molecular complexity index is 582. The van der Waals surface area contributed by atoms with Gasteiger partial charge in [-0.3, -0.25) is 0 Å². The van der Waals surface area contributed by atoms with Gasteiger partial charge in [0.15, 0.2) is 6.61 Å². The second kappa shape index (κ2) is 6.00. The third-order valence-corrected chi connectivity index (χ3v) is 2.76. The zero-order chi connectivity index (χ0) is 14.7. The number of benzene rings is 1. The molecule has 5 nitrogen and oxygen atoms in total. The zero-order valence-electron chi connectivity index (χ0n) is 11.6. The maximum absolute atomic E-state index is 13.2. The maximum Gasteiger partial charge on any atom is 0.229 e. The molecule has 0 bridgehead atoms. The molecule has 0 fully saturated rings. The number of hydrogen-bond acceptors (Lipinski definition) is 5. The minimum absolute atomic E-state index is 0.0988. The van der Waals surface area contributed by atoms with Crippen molar-refractivity contribution in [3.8, 4) is 5.75 Å². The fraction of sp³-hybridized carbons (Fsp3) is 0.429. The summed E-state index contributed by atoms with van der Waals surface area (Å²) in [5.41, 5.74) is 0.387. The third kappa shape index (κ3) is 3.33. The van der Waals surface area contributed by atoms with E-state index in [-0.39, 0.29) is 12.5 Å². The second-order valence-corrected chi connectivity index (χ2v) is 4.85. The monoisotopic (exact) mass is 280 g/mol. The van der Waals surface area contributed by atoms with E-state index < -0.39 is 11.9 Å². The first-order valence-corrected chi connectivity index (χ1v) is 6.40. The van der Waals surface area contributed by atoms with Gasteiger partial charge in [0.05, 0.1) is 6.10 Å². The lowest BCUT2D eigenvalue weighted by molar-refractivity contribution is 0.188. The van der Waals surface area contributed by atoms with Gasteiger partial charge in [-0.2, -0.15) is 4.98 Å². The number of hydrogen-bond donors (Lipinski definition) is 1. The molecule has 0 saturated carbocycles. The quantitative estimate of drug-likeness (QED) is 0.912. The minimum Gasteiger partial charge on any atom is -0.485 e. The van der Waals surface area contributed by atoms with Crippen molar-refractivity contribution in [3.05, 3.63) is 41.3 Å². The number of ether oxygens (including phenoxy) is 1. The summed E-state index contributed by atoms with van der Waals surface area (Å²) in [6.07, 6.45) is -0.822. The number of aliphatic hydroxyl groups excluding tert-OH is 1. The zero-order valence-corrected chi connectivity index (χ0v) is 11.6. The van der Waals surface area contributed by atoms with Crippen LogP contribution in [0.25, 0.3) is 0 Å². The summed E-state index contributed by atoms with van der Waals surface area (Å²) in [5.74, 6) is 1.08. The maximum atomic E-state index is 13.2. The highest BCUT2D eigenvalue weighted by Gasteiger charge is 2.13. The lowest BCUT2D eigenvalue weighted by Gasteiger charge is -2.12. The fourth-order valence-corrected chi connectivity index (χ4v) is 1.68. The van der Waals surface area contributed by atoms with Gasteiger partial charge in [-0.1, -0.05) is 19.0 Å². The van der Waals surface area contributed by atoms with E-state index in [1.54, 1.807) is 6.92 Å². The molecule has 2 aromatic rings. The number of nitrogens with zero attached hydrogens (tertiary/aromatic N) is 2. The Morgan fingerprint density at radius 3 is 2.70 bits per heavy atom. The minimum atomic E-state index is -0.822. The summed E-state index contributed by atoms with van der Waals surface area (Å²) in [5, 5.41) is 13.4. The van der Waals surface area contributed by atoms with E-state index in [0.717, 1.165) is 0 Å². The van der Waals surface area contributed by atoms with Crippen LogP contribution < -0.4 is 4.74 Å². The Balaban J connectivity index is 2.10. The van der Waals surface area contributed by atoms with Crippen LogP contribution in [0, 0.1) is 5.82 Å². The van der Waals surface area contributed by atoms with E-state index >= 15 is 0 Å². The molecular formula is C14H17FN2O3. The van der Waals surface area contributed by atoms with E-state index in [4.69, 9.17) is 9.26 Å². The number of aromatic nitrogens is 2. The molecule has 0 aliphatic rings. The highest BCUT2D eigenvalue weighted by Crippen LogP contribution is 2.26. The highest BCUT2D eigenvalue weighted by molar-refractivity contribution is 5.35. The van der Waals surface area contributed by atoms with Crippen molar-refractivity contribution in [2.75, 3.05) is 0 Å². The van der Waals surface area contributed by atoms with E-state index in [9.17, 15) is 9.50 Å². The van der Waals surface area contributed by atoms with Crippen LogP contribution in [0.15, 0.2) is 22.7 Å². The Kier molecular flexibility index (Phi) is 4.34. The van der Waals surface area contributed by atoms with E-state index in [1.807, 2.05) is 13.8 Å². The Morgan fingerprint density at radius 2 is 2.10 bits per heavy atom. The number of rotatable bonds is 5. The van der Waals surface area contributed by atoms with Crippen molar-refractivity contribution < 1.29 is 18.8 Å². The molecule has 108 valence electrons. The van der Waals surface area contributed by atoms with E-state index in [0.29, 0.717) is 23.0 Å². The molecule has 0 radical (unpaired) electrons. The van der Waals surface area contributed by atoms with Gasteiger partial charge in [-0.25, -0.2) is 4.39 Å². The van der Waals surface area contributed by atoms with Gasteiger partial charge < -0.3 is 14.4 Å². The molecule has 0 saturated heterocycles. The Morgan fingerprint density at radius 1 is 1.35 bits per heavy atom. The Labute approximate surface area is 116 Å². The summed E-state index contributed by atoms with van der Waals surface area (Å²) in [4.78, 5) is 4.18. The van der Waals surface area contributed by atoms with Gasteiger partial charge in [0.2, 0.25) is 11.7 Å². The van der Waals surface area contributed by atoms with Crippen LogP contribution >= 0.6 is 0 Å². The first-order chi connectivity index (χ1) is 9.47. The predicted molar refractivity (Wildman–Crippen MR) is 69.8 cm³/mol. The van der Waals surface area contributed by atoms with Crippen molar-refractivity contribution >= 4 is 0 Å². The van der Waals surface area contributed by atoms with Crippen molar-refractivity contribution in [3.63, 3.8) is 0 Å². The van der Waals surface area contributed by atoms with Gasteiger partial charge in [-0.05, 0) is 25.1 Å². The van der Waals surface area contributed by atoms with Crippen LogP contribution in [-0.4, -0.2) is 15.2 Å². The van der Waals surface area contributed by atoms with E-state index in [1.165, 1.54) is 18.2 Å². The molecular weight excluding hydrogens is 263 g/mol. The first kappa shape index (κ1) is 14.5. The lowest BCUT2D eigenvalue weighted by Crippen LogP contribution is -2.03. The molecule has 20 heavy (non-hydrogen) atoms. The normalized spacial score (nSPS) is 12.7. The van der Waals surface area contributed by atoms with Gasteiger partial charge >= 0.3 is 0 Å².